The Morgan fingerprint density at radius 1 is 1.29 bits per heavy atom. The summed E-state index contributed by atoms with van der Waals surface area (Å²) in [5.74, 6) is 1.91. The zero-order chi connectivity index (χ0) is 13.0. The van der Waals surface area contributed by atoms with E-state index in [-0.39, 0.29) is 6.04 Å². The normalized spacial score (nSPS) is 14.8. The van der Waals surface area contributed by atoms with Crippen LogP contribution in [0.4, 0.5) is 0 Å². The molecule has 0 aliphatic carbocycles. The van der Waals surface area contributed by atoms with Gasteiger partial charge in [0.15, 0.2) is 0 Å². The summed E-state index contributed by atoms with van der Waals surface area (Å²) in [6.07, 6.45) is 0.795. The first-order valence-electron chi connectivity index (χ1n) is 6.03. The van der Waals surface area contributed by atoms with Crippen LogP contribution >= 0.6 is 11.6 Å². The van der Waals surface area contributed by atoms with Crippen LogP contribution in [0.15, 0.2) is 18.2 Å². The molecule has 0 bridgehead atoms. The number of hydrogen-bond acceptors (Lipinski definition) is 2. The lowest BCUT2D eigenvalue weighted by Gasteiger charge is -2.24. The van der Waals surface area contributed by atoms with Gasteiger partial charge in [0.1, 0.15) is 5.75 Å². The standard InChI is InChI=1S/C14H22ClNO/c1-9(2)10(3)13(16)8-11-7-12(15)5-6-14(11)17-4/h5-7,9-10,13H,8,16H2,1-4H3. The highest BCUT2D eigenvalue weighted by atomic mass is 35.5. The first-order chi connectivity index (χ1) is 7.95. The van der Waals surface area contributed by atoms with Gasteiger partial charge in [0.25, 0.3) is 0 Å². The molecule has 2 N–H and O–H groups in total. The molecule has 0 aliphatic rings. The van der Waals surface area contributed by atoms with E-state index in [9.17, 15) is 0 Å². The summed E-state index contributed by atoms with van der Waals surface area (Å²) < 4.78 is 5.33. The molecule has 0 saturated heterocycles. The van der Waals surface area contributed by atoms with Crippen molar-refractivity contribution in [1.29, 1.82) is 0 Å². The van der Waals surface area contributed by atoms with Crippen LogP contribution in [-0.4, -0.2) is 13.2 Å². The van der Waals surface area contributed by atoms with Gasteiger partial charge in [-0.3, -0.25) is 0 Å². The number of rotatable bonds is 5. The minimum Gasteiger partial charge on any atom is -0.496 e. The Labute approximate surface area is 109 Å². The second-order valence-electron chi connectivity index (χ2n) is 4.93. The van der Waals surface area contributed by atoms with Crippen molar-refractivity contribution in [3.63, 3.8) is 0 Å². The molecule has 0 heterocycles. The fourth-order valence-electron chi connectivity index (χ4n) is 1.84. The van der Waals surface area contributed by atoms with Crippen LogP contribution < -0.4 is 10.5 Å². The molecular formula is C14H22ClNO. The average Bonchev–Trinajstić information content (AvgIpc) is 2.28. The molecule has 1 aromatic rings. The summed E-state index contributed by atoms with van der Waals surface area (Å²) >= 11 is 6.00. The van der Waals surface area contributed by atoms with Crippen molar-refractivity contribution < 1.29 is 4.74 Å². The van der Waals surface area contributed by atoms with Crippen LogP contribution in [0.1, 0.15) is 26.3 Å². The van der Waals surface area contributed by atoms with Gasteiger partial charge in [-0.05, 0) is 42.0 Å². The number of benzene rings is 1. The third kappa shape index (κ3) is 3.90. The zero-order valence-corrected chi connectivity index (χ0v) is 11.8. The van der Waals surface area contributed by atoms with Gasteiger partial charge in [0.2, 0.25) is 0 Å². The summed E-state index contributed by atoms with van der Waals surface area (Å²) in [5.41, 5.74) is 7.31. The summed E-state index contributed by atoms with van der Waals surface area (Å²) in [7, 11) is 1.67. The van der Waals surface area contributed by atoms with E-state index in [4.69, 9.17) is 22.1 Å². The van der Waals surface area contributed by atoms with Gasteiger partial charge < -0.3 is 10.5 Å². The second kappa shape index (κ2) is 6.27. The van der Waals surface area contributed by atoms with Crippen molar-refractivity contribution in [3.05, 3.63) is 28.8 Å². The van der Waals surface area contributed by atoms with Crippen LogP contribution in [-0.2, 0) is 6.42 Å². The van der Waals surface area contributed by atoms with E-state index in [2.05, 4.69) is 20.8 Å². The maximum atomic E-state index is 6.23. The van der Waals surface area contributed by atoms with E-state index in [1.165, 1.54) is 0 Å². The highest BCUT2D eigenvalue weighted by Crippen LogP contribution is 2.26. The lowest BCUT2D eigenvalue weighted by Crippen LogP contribution is -2.33. The summed E-state index contributed by atoms with van der Waals surface area (Å²) in [6, 6.07) is 5.79. The molecule has 2 unspecified atom stereocenters. The molecule has 2 atom stereocenters. The smallest absolute Gasteiger partial charge is 0.122 e. The topological polar surface area (TPSA) is 35.2 Å². The summed E-state index contributed by atoms with van der Waals surface area (Å²) in [4.78, 5) is 0. The van der Waals surface area contributed by atoms with Crippen molar-refractivity contribution >= 4 is 11.6 Å². The van der Waals surface area contributed by atoms with Crippen molar-refractivity contribution in [2.75, 3.05) is 7.11 Å². The molecule has 0 fully saturated rings. The predicted octanol–water partition coefficient (Wildman–Crippen LogP) is 3.51. The largest absolute Gasteiger partial charge is 0.496 e. The highest BCUT2D eigenvalue weighted by molar-refractivity contribution is 6.30. The van der Waals surface area contributed by atoms with Crippen molar-refractivity contribution in [3.8, 4) is 5.75 Å². The van der Waals surface area contributed by atoms with E-state index < -0.39 is 0 Å². The molecule has 0 radical (unpaired) electrons. The third-order valence-corrected chi connectivity index (χ3v) is 3.66. The van der Waals surface area contributed by atoms with Gasteiger partial charge in [0, 0.05) is 11.1 Å². The molecule has 3 heteroatoms. The average molecular weight is 256 g/mol. The van der Waals surface area contributed by atoms with Crippen LogP contribution in [0, 0.1) is 11.8 Å². The molecule has 1 aromatic carbocycles. The van der Waals surface area contributed by atoms with E-state index in [1.807, 2.05) is 18.2 Å². The fourth-order valence-corrected chi connectivity index (χ4v) is 2.04. The predicted molar refractivity (Wildman–Crippen MR) is 73.7 cm³/mol. The second-order valence-corrected chi connectivity index (χ2v) is 5.36. The lowest BCUT2D eigenvalue weighted by atomic mass is 9.87. The molecule has 0 amide bonds. The van der Waals surface area contributed by atoms with Crippen molar-refractivity contribution in [1.82, 2.24) is 0 Å². The number of nitrogens with two attached hydrogens (primary N) is 1. The Kier molecular flexibility index (Phi) is 5.29. The molecule has 0 aromatic heterocycles. The van der Waals surface area contributed by atoms with E-state index >= 15 is 0 Å². The molecule has 96 valence electrons. The van der Waals surface area contributed by atoms with Crippen LogP contribution in [0.5, 0.6) is 5.75 Å². The maximum Gasteiger partial charge on any atom is 0.122 e. The number of methoxy groups -OCH3 is 1. The van der Waals surface area contributed by atoms with E-state index in [1.54, 1.807) is 7.11 Å². The Balaban J connectivity index is 2.83. The van der Waals surface area contributed by atoms with Crippen molar-refractivity contribution in [2.24, 2.45) is 17.6 Å². The van der Waals surface area contributed by atoms with Crippen LogP contribution in [0.2, 0.25) is 5.02 Å². The zero-order valence-electron chi connectivity index (χ0n) is 11.0. The minimum absolute atomic E-state index is 0.127. The SMILES string of the molecule is COc1ccc(Cl)cc1CC(N)C(C)C(C)C. The number of halogens is 1. The Bertz CT molecular complexity index is 365. The van der Waals surface area contributed by atoms with E-state index in [0.29, 0.717) is 11.8 Å². The molecular weight excluding hydrogens is 234 g/mol. The number of hydrogen-bond donors (Lipinski definition) is 1. The lowest BCUT2D eigenvalue weighted by molar-refractivity contribution is 0.339. The maximum absolute atomic E-state index is 6.23. The number of ether oxygens (including phenoxy) is 1. The molecule has 0 spiro atoms. The molecule has 0 saturated carbocycles. The summed E-state index contributed by atoms with van der Waals surface area (Å²) in [5, 5.41) is 0.727. The quantitative estimate of drug-likeness (QED) is 0.874. The Hall–Kier alpha value is -0.730. The minimum atomic E-state index is 0.127. The van der Waals surface area contributed by atoms with Gasteiger partial charge in [-0.1, -0.05) is 32.4 Å². The monoisotopic (exact) mass is 255 g/mol. The highest BCUT2D eigenvalue weighted by Gasteiger charge is 2.18. The van der Waals surface area contributed by atoms with Gasteiger partial charge in [-0.2, -0.15) is 0 Å². The Morgan fingerprint density at radius 2 is 1.94 bits per heavy atom. The third-order valence-electron chi connectivity index (χ3n) is 3.42. The Morgan fingerprint density at radius 3 is 2.47 bits per heavy atom. The van der Waals surface area contributed by atoms with E-state index in [0.717, 1.165) is 22.8 Å². The molecule has 2 nitrogen and oxygen atoms in total. The van der Waals surface area contributed by atoms with Crippen molar-refractivity contribution in [2.45, 2.75) is 33.2 Å². The van der Waals surface area contributed by atoms with Gasteiger partial charge in [-0.15, -0.1) is 0 Å². The van der Waals surface area contributed by atoms with Crippen LogP contribution in [0.25, 0.3) is 0 Å². The van der Waals surface area contributed by atoms with Gasteiger partial charge in [-0.25, -0.2) is 0 Å². The summed E-state index contributed by atoms with van der Waals surface area (Å²) in [6.45, 7) is 6.58. The molecule has 1 rings (SSSR count). The van der Waals surface area contributed by atoms with Gasteiger partial charge >= 0.3 is 0 Å². The molecule has 0 aliphatic heterocycles. The van der Waals surface area contributed by atoms with Crippen LogP contribution in [0.3, 0.4) is 0 Å². The first-order valence-corrected chi connectivity index (χ1v) is 6.41. The fraction of sp³-hybridized carbons (Fsp3) is 0.571. The molecule has 17 heavy (non-hydrogen) atoms. The first kappa shape index (κ1) is 14.3. The van der Waals surface area contributed by atoms with Gasteiger partial charge in [0.05, 0.1) is 7.11 Å².